The predicted molar refractivity (Wildman–Crippen MR) is 190 cm³/mol. The van der Waals surface area contributed by atoms with Crippen molar-refractivity contribution in [2.75, 3.05) is 44.0 Å². The number of carbonyl (C=O) groups is 3. The molecule has 1 aliphatic heterocycles. The number of nitrogens with zero attached hydrogens (tertiary/aromatic N) is 2. The first-order valence-electron chi connectivity index (χ1n) is 16.9. The lowest BCUT2D eigenvalue weighted by Crippen LogP contribution is -2.49. The topological polar surface area (TPSA) is 132 Å². The summed E-state index contributed by atoms with van der Waals surface area (Å²) in [6.45, 7) is 10.4. The van der Waals surface area contributed by atoms with Crippen LogP contribution in [-0.4, -0.2) is 90.5 Å². The number of aliphatic hydroxyl groups is 1. The molecule has 0 unspecified atom stereocenters. The number of hydrogen-bond acceptors (Lipinski definition) is 6. The number of aliphatic hydroxyl groups excluding tert-OH is 1. The number of fused-ring (bicyclic) bond motifs is 2. The Kier molecular flexibility index (Phi) is 13.0. The Morgan fingerprint density at radius 2 is 1.77 bits per heavy atom. The van der Waals surface area contributed by atoms with Gasteiger partial charge in [0.2, 0.25) is 0 Å². The van der Waals surface area contributed by atoms with Gasteiger partial charge in [-0.3, -0.25) is 4.79 Å². The summed E-state index contributed by atoms with van der Waals surface area (Å²) in [5.41, 5.74) is 1.36. The minimum absolute atomic E-state index is 0.00578. The number of carbonyl (C=O) groups excluding carboxylic acids is 3. The summed E-state index contributed by atoms with van der Waals surface area (Å²) in [6, 6.07) is 17.4. The number of amides is 5. The number of hydrogen-bond donors (Lipinski definition) is 4. The molecule has 0 spiro atoms. The first-order valence-corrected chi connectivity index (χ1v) is 16.9. The van der Waals surface area contributed by atoms with Crippen LogP contribution in [0.2, 0.25) is 0 Å². The molecule has 0 radical (unpaired) electrons. The van der Waals surface area contributed by atoms with Crippen molar-refractivity contribution in [2.45, 2.75) is 78.2 Å². The van der Waals surface area contributed by atoms with Gasteiger partial charge in [-0.05, 0) is 76.6 Å². The maximum absolute atomic E-state index is 14.4. The van der Waals surface area contributed by atoms with Crippen LogP contribution >= 0.6 is 0 Å². The van der Waals surface area contributed by atoms with E-state index in [0.717, 1.165) is 30.0 Å². The molecule has 0 saturated heterocycles. The highest BCUT2D eigenvalue weighted by molar-refractivity contribution is 6.07. The van der Waals surface area contributed by atoms with E-state index in [2.05, 4.69) is 16.0 Å². The molecule has 4 rings (SSSR count). The average molecular weight is 662 g/mol. The average Bonchev–Trinajstić information content (AvgIpc) is 3.05. The molecule has 1 aliphatic rings. The maximum atomic E-state index is 14.4. The Hall–Kier alpha value is -4.35. The van der Waals surface area contributed by atoms with Crippen LogP contribution in [0, 0.1) is 5.92 Å². The normalized spacial score (nSPS) is 19.9. The van der Waals surface area contributed by atoms with Crippen molar-refractivity contribution >= 4 is 40.1 Å². The zero-order valence-corrected chi connectivity index (χ0v) is 29.0. The molecule has 0 aliphatic carbocycles. The Labute approximate surface area is 284 Å². The van der Waals surface area contributed by atoms with Crippen LogP contribution in [0.15, 0.2) is 60.7 Å². The molecular weight excluding hydrogens is 610 g/mol. The van der Waals surface area contributed by atoms with E-state index in [4.69, 9.17) is 9.47 Å². The second-order valence-corrected chi connectivity index (χ2v) is 13.1. The van der Waals surface area contributed by atoms with Crippen LogP contribution in [0.1, 0.15) is 64.2 Å². The van der Waals surface area contributed by atoms with Gasteiger partial charge in [0.1, 0.15) is 5.75 Å². The van der Waals surface area contributed by atoms with Crippen molar-refractivity contribution in [3.63, 3.8) is 0 Å². The maximum Gasteiger partial charge on any atom is 0.323 e. The third-order valence-corrected chi connectivity index (χ3v) is 8.56. The number of benzene rings is 3. The van der Waals surface area contributed by atoms with Crippen molar-refractivity contribution in [3.05, 3.63) is 66.2 Å². The number of likely N-dealkylation sites (N-methyl/N-ethyl adjacent to an activating group) is 1. The molecule has 11 nitrogen and oxygen atoms in total. The molecule has 4 N–H and O–H groups in total. The third kappa shape index (κ3) is 9.84. The number of urea groups is 2. The fourth-order valence-corrected chi connectivity index (χ4v) is 5.79. The summed E-state index contributed by atoms with van der Waals surface area (Å²) >= 11 is 0. The van der Waals surface area contributed by atoms with Gasteiger partial charge in [0.25, 0.3) is 5.91 Å². The lowest BCUT2D eigenvalue weighted by molar-refractivity contribution is -0.0122. The zero-order valence-electron chi connectivity index (χ0n) is 29.0. The zero-order chi connectivity index (χ0) is 34.8. The molecule has 260 valence electrons. The molecule has 0 bridgehead atoms. The Bertz CT molecular complexity index is 1540. The van der Waals surface area contributed by atoms with Gasteiger partial charge in [-0.25, -0.2) is 9.59 Å². The van der Waals surface area contributed by atoms with Crippen molar-refractivity contribution in [2.24, 2.45) is 5.92 Å². The molecule has 0 aromatic heterocycles. The minimum atomic E-state index is -0.521. The number of rotatable bonds is 7. The third-order valence-electron chi connectivity index (χ3n) is 8.56. The number of nitrogens with one attached hydrogen (secondary N) is 3. The monoisotopic (exact) mass is 661 g/mol. The van der Waals surface area contributed by atoms with E-state index < -0.39 is 12.1 Å². The van der Waals surface area contributed by atoms with Crippen molar-refractivity contribution in [1.82, 2.24) is 15.1 Å². The largest absolute Gasteiger partial charge is 0.490 e. The van der Waals surface area contributed by atoms with Gasteiger partial charge in [-0.1, -0.05) is 43.3 Å². The van der Waals surface area contributed by atoms with E-state index >= 15 is 0 Å². The summed E-state index contributed by atoms with van der Waals surface area (Å²) in [6.07, 6.45) is 1.89. The van der Waals surface area contributed by atoms with Crippen LogP contribution in [0.4, 0.5) is 21.0 Å². The molecule has 0 fully saturated rings. The van der Waals surface area contributed by atoms with Gasteiger partial charge in [0.15, 0.2) is 0 Å². The highest BCUT2D eigenvalue weighted by Gasteiger charge is 2.31. The fraction of sp³-hybridized carbons (Fsp3) is 0.486. The predicted octanol–water partition coefficient (Wildman–Crippen LogP) is 6.33. The minimum Gasteiger partial charge on any atom is -0.490 e. The van der Waals surface area contributed by atoms with Gasteiger partial charge in [-0.15, -0.1) is 0 Å². The molecular formula is C37H51N5O6. The smallest absolute Gasteiger partial charge is 0.323 e. The lowest BCUT2D eigenvalue weighted by Gasteiger charge is -2.36. The van der Waals surface area contributed by atoms with E-state index in [1.54, 1.807) is 42.0 Å². The Balaban J connectivity index is 1.61. The Morgan fingerprint density at radius 3 is 2.52 bits per heavy atom. The highest BCUT2D eigenvalue weighted by atomic mass is 16.5. The molecule has 4 atom stereocenters. The first-order chi connectivity index (χ1) is 23.0. The van der Waals surface area contributed by atoms with Crippen molar-refractivity contribution in [1.29, 1.82) is 0 Å². The van der Waals surface area contributed by atoms with Gasteiger partial charge in [0, 0.05) is 49.8 Å². The van der Waals surface area contributed by atoms with Crippen LogP contribution in [0.25, 0.3) is 10.8 Å². The molecule has 1 heterocycles. The van der Waals surface area contributed by atoms with Crippen LogP contribution in [0.3, 0.4) is 0 Å². The summed E-state index contributed by atoms with van der Waals surface area (Å²) in [5, 5.41) is 20.9. The SMILES string of the molecule is CC(C)NC(=O)N(C)C[C@@H]1OCCCC[C@@H](C)Oc2ccc(NC(=O)Nc3cccc4ccccc34)cc2C(=O)N([C@@H](C)CO)C[C@H]1C. The Morgan fingerprint density at radius 1 is 1.02 bits per heavy atom. The summed E-state index contributed by atoms with van der Waals surface area (Å²) in [4.78, 5) is 43.5. The van der Waals surface area contributed by atoms with Crippen LogP contribution in [0.5, 0.6) is 5.75 Å². The first kappa shape index (κ1) is 36.5. The number of anilines is 2. The van der Waals surface area contributed by atoms with E-state index in [1.165, 1.54) is 0 Å². The molecule has 11 heteroatoms. The molecule has 48 heavy (non-hydrogen) atoms. The number of ether oxygens (including phenoxy) is 2. The van der Waals surface area contributed by atoms with E-state index in [-0.39, 0.29) is 54.8 Å². The van der Waals surface area contributed by atoms with Gasteiger partial charge < -0.3 is 40.3 Å². The van der Waals surface area contributed by atoms with E-state index in [0.29, 0.717) is 30.3 Å². The fourth-order valence-electron chi connectivity index (χ4n) is 5.79. The van der Waals surface area contributed by atoms with Crippen molar-refractivity contribution in [3.8, 4) is 5.75 Å². The van der Waals surface area contributed by atoms with Crippen LogP contribution in [-0.2, 0) is 4.74 Å². The van der Waals surface area contributed by atoms with Gasteiger partial charge in [-0.2, -0.15) is 0 Å². The van der Waals surface area contributed by atoms with Gasteiger partial charge >= 0.3 is 12.1 Å². The summed E-state index contributed by atoms with van der Waals surface area (Å²) in [7, 11) is 1.73. The van der Waals surface area contributed by atoms with E-state index in [9.17, 15) is 19.5 Å². The van der Waals surface area contributed by atoms with Crippen molar-refractivity contribution < 1.29 is 29.0 Å². The molecule has 5 amide bonds. The molecule has 3 aromatic rings. The van der Waals surface area contributed by atoms with E-state index in [1.807, 2.05) is 70.2 Å². The quantitative estimate of drug-likeness (QED) is 0.234. The summed E-state index contributed by atoms with van der Waals surface area (Å²) in [5.74, 6) is -0.119. The standard InChI is InChI=1S/C37H51N5O6/c1-24(2)38-37(46)41(6)22-34-25(3)21-42(26(4)23-43)35(44)31-20-29(17-18-33(31)48-27(5)12-9-10-19-47-34)39-36(45)40-32-16-11-14-28-13-7-8-15-30(28)32/h7-8,11,13-18,20,24-27,34,43H,9-10,12,19,21-23H2,1-6H3,(H,38,46)(H2,39,40,45)/t25-,26+,27-,34+/m1/s1. The summed E-state index contributed by atoms with van der Waals surface area (Å²) < 4.78 is 12.7. The lowest BCUT2D eigenvalue weighted by atomic mass is 10.0. The molecule has 0 saturated carbocycles. The van der Waals surface area contributed by atoms with Gasteiger partial charge in [0.05, 0.1) is 36.1 Å². The second-order valence-electron chi connectivity index (χ2n) is 13.1. The highest BCUT2D eigenvalue weighted by Crippen LogP contribution is 2.29. The molecule has 3 aromatic carbocycles. The van der Waals surface area contributed by atoms with Crippen LogP contribution < -0.4 is 20.7 Å². The second kappa shape index (κ2) is 17.2.